The zero-order valence-electron chi connectivity index (χ0n) is 10.8. The minimum atomic E-state index is -0.157. The topological polar surface area (TPSA) is 44.1 Å². The molecule has 4 nitrogen and oxygen atoms in total. The van der Waals surface area contributed by atoms with Crippen molar-refractivity contribution in [2.45, 2.75) is 26.0 Å². The molecule has 1 aliphatic rings. The number of fused-ring (bicyclic) bond motifs is 1. The maximum atomic E-state index is 12.1. The van der Waals surface area contributed by atoms with E-state index in [1.54, 1.807) is 6.20 Å². The van der Waals surface area contributed by atoms with Gasteiger partial charge >= 0.3 is 0 Å². The molecule has 104 valence electrons. The van der Waals surface area contributed by atoms with Crippen LogP contribution in [-0.2, 0) is 13.0 Å². The first-order valence-corrected chi connectivity index (χ1v) is 7.80. The molecule has 20 heavy (non-hydrogen) atoms. The van der Waals surface area contributed by atoms with Crippen LogP contribution in [0.5, 0.6) is 5.75 Å². The number of halogens is 2. The number of ether oxygens (including phenoxy) is 1. The molecule has 0 N–H and O–H groups in total. The van der Waals surface area contributed by atoms with E-state index in [4.69, 9.17) is 4.74 Å². The Bertz CT molecular complexity index is 728. The van der Waals surface area contributed by atoms with Crippen LogP contribution in [0, 0.1) is 6.92 Å². The van der Waals surface area contributed by atoms with Crippen LogP contribution in [0.25, 0.3) is 0 Å². The van der Waals surface area contributed by atoms with E-state index in [2.05, 4.69) is 49.9 Å². The molecule has 3 rings (SSSR count). The highest BCUT2D eigenvalue weighted by Crippen LogP contribution is 2.30. The van der Waals surface area contributed by atoms with E-state index in [1.807, 2.05) is 12.1 Å². The van der Waals surface area contributed by atoms with Crippen LogP contribution in [-0.4, -0.2) is 15.9 Å². The van der Waals surface area contributed by atoms with Gasteiger partial charge in [-0.2, -0.15) is 5.10 Å². The van der Waals surface area contributed by atoms with Gasteiger partial charge in [0.2, 0.25) is 0 Å². The maximum Gasteiger partial charge on any atom is 0.282 e. The van der Waals surface area contributed by atoms with Gasteiger partial charge in [-0.05, 0) is 50.4 Å². The number of rotatable bonds is 2. The summed E-state index contributed by atoms with van der Waals surface area (Å²) in [5.74, 6) is 0.907. The second-order valence-corrected chi connectivity index (χ2v) is 6.50. The van der Waals surface area contributed by atoms with Crippen LogP contribution in [0.15, 0.2) is 38.1 Å². The quantitative estimate of drug-likeness (QED) is 0.779. The Labute approximate surface area is 133 Å². The van der Waals surface area contributed by atoms with Crippen molar-refractivity contribution in [1.82, 2.24) is 9.78 Å². The van der Waals surface area contributed by atoms with E-state index in [0.717, 1.165) is 12.2 Å². The molecule has 0 amide bonds. The lowest BCUT2D eigenvalue weighted by Gasteiger charge is -2.12. The molecule has 0 saturated carbocycles. The van der Waals surface area contributed by atoms with Crippen LogP contribution in [0.2, 0.25) is 0 Å². The molecule has 2 aromatic rings. The number of aryl methyl sites for hydroxylation is 1. The first kappa shape index (κ1) is 13.8. The molecule has 0 saturated heterocycles. The predicted octanol–water partition coefficient (Wildman–Crippen LogP) is 3.08. The van der Waals surface area contributed by atoms with Gasteiger partial charge in [0.15, 0.2) is 0 Å². The van der Waals surface area contributed by atoms with Crippen molar-refractivity contribution in [3.05, 3.63) is 54.8 Å². The summed E-state index contributed by atoms with van der Waals surface area (Å²) < 4.78 is 8.44. The second kappa shape index (κ2) is 5.33. The van der Waals surface area contributed by atoms with E-state index >= 15 is 0 Å². The average Bonchev–Trinajstić information content (AvgIpc) is 2.81. The van der Waals surface area contributed by atoms with Crippen LogP contribution in [0.1, 0.15) is 11.1 Å². The molecule has 0 fully saturated rings. The van der Waals surface area contributed by atoms with Crippen LogP contribution in [0.4, 0.5) is 0 Å². The highest BCUT2D eigenvalue weighted by atomic mass is 79.9. The van der Waals surface area contributed by atoms with Gasteiger partial charge in [-0.15, -0.1) is 0 Å². The molecule has 1 aromatic carbocycles. The van der Waals surface area contributed by atoms with Gasteiger partial charge in [-0.3, -0.25) is 4.79 Å². The third-order valence-corrected chi connectivity index (χ3v) is 5.18. The van der Waals surface area contributed by atoms with Gasteiger partial charge in [-0.1, -0.05) is 17.7 Å². The number of hydrogen-bond acceptors (Lipinski definition) is 3. The third-order valence-electron chi connectivity index (χ3n) is 3.28. The largest absolute Gasteiger partial charge is 0.488 e. The Hall–Kier alpha value is -1.14. The summed E-state index contributed by atoms with van der Waals surface area (Å²) in [5, 5.41) is 4.13. The highest BCUT2D eigenvalue weighted by Gasteiger charge is 2.24. The molecule has 1 aliphatic heterocycles. The van der Waals surface area contributed by atoms with E-state index in [0.29, 0.717) is 15.5 Å². The molecule has 0 bridgehead atoms. The summed E-state index contributed by atoms with van der Waals surface area (Å²) in [6.45, 7) is 2.50. The molecule has 1 aromatic heterocycles. The van der Waals surface area contributed by atoms with Crippen molar-refractivity contribution in [1.29, 1.82) is 0 Å². The van der Waals surface area contributed by atoms with Crippen molar-refractivity contribution >= 4 is 31.9 Å². The minimum Gasteiger partial charge on any atom is -0.488 e. The lowest BCUT2D eigenvalue weighted by Crippen LogP contribution is -2.31. The van der Waals surface area contributed by atoms with Crippen LogP contribution in [0.3, 0.4) is 0 Å². The molecule has 2 heterocycles. The number of hydrogen-bond donors (Lipinski definition) is 0. The fourth-order valence-corrected chi connectivity index (χ4v) is 2.89. The molecule has 0 radical (unpaired) electrons. The molecular formula is C14H12Br2N2O2. The fourth-order valence-electron chi connectivity index (χ4n) is 2.32. The lowest BCUT2D eigenvalue weighted by atomic mass is 10.1. The summed E-state index contributed by atoms with van der Waals surface area (Å²) in [6.07, 6.45) is 2.36. The summed E-state index contributed by atoms with van der Waals surface area (Å²) in [6, 6.07) is 6.14. The van der Waals surface area contributed by atoms with Crippen molar-refractivity contribution in [2.24, 2.45) is 0 Å². The van der Waals surface area contributed by atoms with Gasteiger partial charge in [-0.25, -0.2) is 4.68 Å². The molecule has 1 atom stereocenters. The highest BCUT2D eigenvalue weighted by molar-refractivity contribution is 9.13. The zero-order valence-corrected chi connectivity index (χ0v) is 13.9. The summed E-state index contributed by atoms with van der Waals surface area (Å²) in [5.41, 5.74) is 2.25. The van der Waals surface area contributed by atoms with E-state index in [-0.39, 0.29) is 11.7 Å². The maximum absolute atomic E-state index is 12.1. The standard InChI is InChI=1S/C14H12Br2N2O2/c1-8-2-3-12-9(4-8)5-10(20-12)7-18-14(19)13(16)11(15)6-17-18/h2-4,6,10H,5,7H2,1H3. The Kier molecular flexibility index (Phi) is 3.69. The van der Waals surface area contributed by atoms with Crippen molar-refractivity contribution < 1.29 is 4.74 Å². The summed E-state index contributed by atoms with van der Waals surface area (Å²) in [4.78, 5) is 12.1. The third kappa shape index (κ3) is 2.54. The van der Waals surface area contributed by atoms with Crippen LogP contribution >= 0.6 is 31.9 Å². The van der Waals surface area contributed by atoms with Gasteiger partial charge in [0.1, 0.15) is 16.3 Å². The number of benzene rings is 1. The van der Waals surface area contributed by atoms with Crippen molar-refractivity contribution in [3.8, 4) is 5.75 Å². The smallest absolute Gasteiger partial charge is 0.282 e. The summed E-state index contributed by atoms with van der Waals surface area (Å²) in [7, 11) is 0. The first-order valence-electron chi connectivity index (χ1n) is 6.22. The van der Waals surface area contributed by atoms with Crippen LogP contribution < -0.4 is 10.3 Å². The fraction of sp³-hybridized carbons (Fsp3) is 0.286. The lowest BCUT2D eigenvalue weighted by molar-refractivity contribution is 0.200. The van der Waals surface area contributed by atoms with Crippen molar-refractivity contribution in [3.63, 3.8) is 0 Å². The predicted molar refractivity (Wildman–Crippen MR) is 83.2 cm³/mol. The molecule has 0 aliphatic carbocycles. The Morgan fingerprint density at radius 1 is 1.45 bits per heavy atom. The Balaban J connectivity index is 1.82. The normalized spacial score (nSPS) is 16.9. The van der Waals surface area contributed by atoms with Gasteiger partial charge in [0.05, 0.1) is 17.2 Å². The van der Waals surface area contributed by atoms with Crippen molar-refractivity contribution in [2.75, 3.05) is 0 Å². The second-order valence-electron chi connectivity index (χ2n) is 4.85. The minimum absolute atomic E-state index is 0.0509. The van der Waals surface area contributed by atoms with Gasteiger partial charge in [0.25, 0.3) is 5.56 Å². The molecule has 6 heteroatoms. The van der Waals surface area contributed by atoms with Gasteiger partial charge in [0, 0.05) is 6.42 Å². The SMILES string of the molecule is Cc1ccc2c(c1)CC(Cn1ncc(Br)c(Br)c1=O)O2. The Morgan fingerprint density at radius 3 is 3.05 bits per heavy atom. The molecular weight excluding hydrogens is 388 g/mol. The first-order chi connectivity index (χ1) is 9.54. The Morgan fingerprint density at radius 2 is 2.25 bits per heavy atom. The van der Waals surface area contributed by atoms with E-state index < -0.39 is 0 Å². The zero-order chi connectivity index (χ0) is 14.3. The molecule has 1 unspecified atom stereocenters. The monoisotopic (exact) mass is 398 g/mol. The summed E-state index contributed by atoms with van der Waals surface area (Å²) >= 11 is 6.53. The average molecular weight is 400 g/mol. The number of nitrogens with zero attached hydrogens (tertiary/aromatic N) is 2. The van der Waals surface area contributed by atoms with E-state index in [1.165, 1.54) is 15.8 Å². The molecule has 0 spiro atoms. The number of aromatic nitrogens is 2. The van der Waals surface area contributed by atoms with Gasteiger partial charge < -0.3 is 4.74 Å². The van der Waals surface area contributed by atoms with E-state index in [9.17, 15) is 4.79 Å².